The summed E-state index contributed by atoms with van der Waals surface area (Å²) in [6.07, 6.45) is 0. The van der Waals surface area contributed by atoms with Crippen LogP contribution < -0.4 is 0 Å². The zero-order chi connectivity index (χ0) is 8.15. The van der Waals surface area contributed by atoms with Crippen LogP contribution in [-0.4, -0.2) is 15.0 Å². The van der Waals surface area contributed by atoms with Gasteiger partial charge in [-0.15, -0.1) is 0 Å². The first-order valence-corrected chi connectivity index (χ1v) is 5.29. The molecule has 0 rings (SSSR count). The normalized spacial score (nSPS) is 9.60. The molecule has 0 amide bonds. The van der Waals surface area contributed by atoms with Gasteiger partial charge in [-0.1, -0.05) is 6.58 Å². The molecule has 0 aliphatic rings. The Kier molecular flexibility index (Phi) is 3.98. The molecule has 0 fully saturated rings. The van der Waals surface area contributed by atoms with Gasteiger partial charge in [-0.05, 0) is 20.0 Å². The lowest BCUT2D eigenvalue weighted by atomic mass is 10.4. The molecule has 0 spiro atoms. The van der Waals surface area contributed by atoms with Crippen molar-refractivity contribution in [2.45, 2.75) is 20.0 Å². The van der Waals surface area contributed by atoms with Gasteiger partial charge in [-0.2, -0.15) is 0 Å². The average Bonchev–Trinajstić information content (AvgIpc) is 1.82. The van der Waals surface area contributed by atoms with E-state index in [-0.39, 0.29) is 0 Å². The lowest BCUT2D eigenvalue weighted by molar-refractivity contribution is -0.211. The zero-order valence-electron chi connectivity index (χ0n) is 6.43. The van der Waals surface area contributed by atoms with Gasteiger partial charge in [0.1, 0.15) is 0 Å². The summed E-state index contributed by atoms with van der Waals surface area (Å²) < 4.78 is 4.66. The molecule has 0 aromatic heterocycles. The highest BCUT2D eigenvalue weighted by Crippen LogP contribution is 1.94. The Morgan fingerprint density at radius 2 is 2.00 bits per heavy atom. The van der Waals surface area contributed by atoms with Crippen molar-refractivity contribution in [1.82, 2.24) is 0 Å². The Labute approximate surface area is 62.3 Å². The standard InChI is InChI=1S/C6H11O3Si/c1-5(2)6(7)8-9-10(3)4/h1H2,2-4H3. The lowest BCUT2D eigenvalue weighted by Gasteiger charge is -2.03. The van der Waals surface area contributed by atoms with Crippen LogP contribution in [0.1, 0.15) is 6.92 Å². The Bertz CT molecular complexity index is 142. The molecule has 0 bridgehead atoms. The maximum absolute atomic E-state index is 10.6. The molecular weight excluding hydrogens is 148 g/mol. The summed E-state index contributed by atoms with van der Waals surface area (Å²) in [5.41, 5.74) is 0.350. The topological polar surface area (TPSA) is 35.5 Å². The minimum atomic E-state index is -0.947. The van der Waals surface area contributed by atoms with Crippen LogP contribution in [0.5, 0.6) is 0 Å². The Morgan fingerprint density at radius 3 is 2.30 bits per heavy atom. The van der Waals surface area contributed by atoms with Crippen LogP contribution in [0.3, 0.4) is 0 Å². The van der Waals surface area contributed by atoms with Gasteiger partial charge in [-0.25, -0.2) is 9.37 Å². The third-order valence-electron chi connectivity index (χ3n) is 0.632. The van der Waals surface area contributed by atoms with E-state index >= 15 is 0 Å². The van der Waals surface area contributed by atoms with Gasteiger partial charge in [0.25, 0.3) is 9.04 Å². The van der Waals surface area contributed by atoms with Gasteiger partial charge < -0.3 is 4.89 Å². The Balaban J connectivity index is 3.50. The van der Waals surface area contributed by atoms with Gasteiger partial charge >= 0.3 is 5.97 Å². The first kappa shape index (κ1) is 9.39. The summed E-state index contributed by atoms with van der Waals surface area (Å²) >= 11 is 0. The fourth-order valence-corrected chi connectivity index (χ4v) is 0.435. The van der Waals surface area contributed by atoms with Crippen LogP contribution in [0.15, 0.2) is 12.2 Å². The first-order chi connectivity index (χ1) is 4.54. The van der Waals surface area contributed by atoms with Crippen molar-refractivity contribution in [3.8, 4) is 0 Å². The molecule has 0 N–H and O–H groups in total. The van der Waals surface area contributed by atoms with Gasteiger partial charge in [-0.3, -0.25) is 0 Å². The monoisotopic (exact) mass is 159 g/mol. The summed E-state index contributed by atoms with van der Waals surface area (Å²) in [6.45, 7) is 8.71. The highest BCUT2D eigenvalue weighted by atomic mass is 28.3. The van der Waals surface area contributed by atoms with Crippen LogP contribution in [0.2, 0.25) is 13.1 Å². The van der Waals surface area contributed by atoms with Crippen molar-refractivity contribution < 1.29 is 14.3 Å². The van der Waals surface area contributed by atoms with E-state index in [4.69, 9.17) is 0 Å². The third-order valence-corrected chi connectivity index (χ3v) is 1.05. The largest absolute Gasteiger partial charge is 0.366 e. The molecule has 3 nitrogen and oxygen atoms in total. The predicted molar refractivity (Wildman–Crippen MR) is 39.5 cm³/mol. The van der Waals surface area contributed by atoms with Crippen molar-refractivity contribution in [2.24, 2.45) is 0 Å². The van der Waals surface area contributed by atoms with Crippen LogP contribution >= 0.6 is 0 Å². The summed E-state index contributed by atoms with van der Waals surface area (Å²) in [7, 11) is -0.947. The average molecular weight is 159 g/mol. The molecule has 0 aromatic carbocycles. The van der Waals surface area contributed by atoms with E-state index in [2.05, 4.69) is 16.0 Å². The number of carbonyl (C=O) groups excluding carboxylic acids is 1. The minimum Gasteiger partial charge on any atom is -0.305 e. The van der Waals surface area contributed by atoms with Crippen LogP contribution in [0, 0.1) is 0 Å². The van der Waals surface area contributed by atoms with Gasteiger partial charge in [0.2, 0.25) is 0 Å². The molecule has 0 aromatic rings. The molecular formula is C6H11O3Si. The van der Waals surface area contributed by atoms with E-state index in [9.17, 15) is 4.79 Å². The highest BCUT2D eigenvalue weighted by Gasteiger charge is 2.06. The SMILES string of the molecule is C=C(C)C(=O)OO[Si](C)C. The molecule has 10 heavy (non-hydrogen) atoms. The smallest absolute Gasteiger partial charge is 0.305 e. The summed E-state index contributed by atoms with van der Waals surface area (Å²) in [6, 6.07) is 0. The summed E-state index contributed by atoms with van der Waals surface area (Å²) in [4.78, 5) is 15.0. The second-order valence-electron chi connectivity index (χ2n) is 2.14. The molecule has 0 aliphatic heterocycles. The van der Waals surface area contributed by atoms with E-state index in [0.29, 0.717) is 5.57 Å². The number of hydrogen-bond donors (Lipinski definition) is 0. The molecule has 0 atom stereocenters. The zero-order valence-corrected chi connectivity index (χ0v) is 7.43. The van der Waals surface area contributed by atoms with Crippen molar-refractivity contribution in [2.75, 3.05) is 0 Å². The predicted octanol–water partition coefficient (Wildman–Crippen LogP) is 1.29. The van der Waals surface area contributed by atoms with Crippen molar-refractivity contribution in [3.63, 3.8) is 0 Å². The summed E-state index contributed by atoms with van der Waals surface area (Å²) in [5.74, 6) is -0.494. The number of hydrogen-bond acceptors (Lipinski definition) is 3. The van der Waals surface area contributed by atoms with Gasteiger partial charge in [0, 0.05) is 5.57 Å². The molecule has 0 aliphatic carbocycles. The summed E-state index contributed by atoms with van der Waals surface area (Å²) in [5, 5.41) is 0. The molecule has 0 saturated heterocycles. The third kappa shape index (κ3) is 4.28. The highest BCUT2D eigenvalue weighted by molar-refractivity contribution is 6.48. The van der Waals surface area contributed by atoms with Crippen molar-refractivity contribution in [1.29, 1.82) is 0 Å². The molecule has 1 radical (unpaired) electrons. The lowest BCUT2D eigenvalue weighted by Crippen LogP contribution is -2.13. The number of rotatable bonds is 3. The van der Waals surface area contributed by atoms with Crippen LogP contribution in [0.4, 0.5) is 0 Å². The maximum Gasteiger partial charge on any atom is 0.366 e. The fourth-order valence-electron chi connectivity index (χ4n) is 0.192. The second-order valence-corrected chi connectivity index (χ2v) is 4.13. The van der Waals surface area contributed by atoms with Gasteiger partial charge in [0.15, 0.2) is 0 Å². The van der Waals surface area contributed by atoms with E-state index < -0.39 is 15.0 Å². The van der Waals surface area contributed by atoms with E-state index in [1.54, 1.807) is 6.92 Å². The van der Waals surface area contributed by atoms with E-state index in [1.807, 2.05) is 13.1 Å². The Morgan fingerprint density at radius 1 is 1.50 bits per heavy atom. The van der Waals surface area contributed by atoms with E-state index in [0.717, 1.165) is 0 Å². The van der Waals surface area contributed by atoms with Crippen LogP contribution in [-0.2, 0) is 14.3 Å². The molecule has 0 heterocycles. The minimum absolute atomic E-state index is 0.350. The molecule has 0 saturated carbocycles. The van der Waals surface area contributed by atoms with Crippen molar-refractivity contribution in [3.05, 3.63) is 12.2 Å². The van der Waals surface area contributed by atoms with E-state index in [1.165, 1.54) is 0 Å². The van der Waals surface area contributed by atoms with Gasteiger partial charge in [0.05, 0.1) is 0 Å². The van der Waals surface area contributed by atoms with Crippen LogP contribution in [0.25, 0.3) is 0 Å². The maximum atomic E-state index is 10.6. The van der Waals surface area contributed by atoms with Crippen molar-refractivity contribution >= 4 is 15.0 Å². The number of carbonyl (C=O) groups is 1. The second kappa shape index (κ2) is 4.24. The molecule has 4 heteroatoms. The Hall–Kier alpha value is -0.613. The molecule has 0 unspecified atom stereocenters. The molecule has 57 valence electrons. The first-order valence-electron chi connectivity index (χ1n) is 2.88. The fraction of sp³-hybridized carbons (Fsp3) is 0.500. The quantitative estimate of drug-likeness (QED) is 0.269.